The van der Waals surface area contributed by atoms with Gasteiger partial charge in [0, 0.05) is 36.0 Å². The summed E-state index contributed by atoms with van der Waals surface area (Å²) in [4.78, 5) is 23.9. The number of fused-ring (bicyclic) bond motifs is 1. The van der Waals surface area contributed by atoms with Gasteiger partial charge in [-0.05, 0) is 30.2 Å². The molecular weight excluding hydrogens is 364 g/mol. The summed E-state index contributed by atoms with van der Waals surface area (Å²) in [5.41, 5.74) is 3.74. The molecule has 29 heavy (non-hydrogen) atoms. The van der Waals surface area contributed by atoms with Gasteiger partial charge in [-0.25, -0.2) is 9.97 Å². The molecule has 2 aromatic heterocycles. The van der Waals surface area contributed by atoms with E-state index in [9.17, 15) is 4.79 Å². The van der Waals surface area contributed by atoms with E-state index in [1.807, 2.05) is 30.5 Å². The number of carbonyl (C=O) groups excluding carboxylic acids is 1. The number of nitrogens with one attached hydrogen (secondary N) is 3. The van der Waals surface area contributed by atoms with Gasteiger partial charge in [0.2, 0.25) is 5.95 Å². The molecule has 1 amide bonds. The van der Waals surface area contributed by atoms with E-state index < -0.39 is 0 Å². The molecule has 0 aliphatic rings. The molecule has 0 aliphatic carbocycles. The summed E-state index contributed by atoms with van der Waals surface area (Å²) in [7, 11) is 0. The molecule has 0 atom stereocenters. The van der Waals surface area contributed by atoms with Crippen LogP contribution in [0.4, 0.5) is 11.6 Å². The predicted octanol–water partition coefficient (Wildman–Crippen LogP) is 3.55. The zero-order valence-corrected chi connectivity index (χ0v) is 15.5. The average molecular weight is 382 g/mol. The lowest BCUT2D eigenvalue weighted by atomic mass is 10.1. The third-order valence-electron chi connectivity index (χ3n) is 4.56. The van der Waals surface area contributed by atoms with Gasteiger partial charge in [0.15, 0.2) is 0 Å². The van der Waals surface area contributed by atoms with Gasteiger partial charge in [-0.15, -0.1) is 0 Å². The number of hydrogen-bond acceptors (Lipinski definition) is 5. The van der Waals surface area contributed by atoms with Gasteiger partial charge in [0.05, 0.1) is 16.8 Å². The summed E-state index contributed by atoms with van der Waals surface area (Å²) < 4.78 is 0. The van der Waals surface area contributed by atoms with Crippen LogP contribution in [0.15, 0.2) is 67.1 Å². The molecule has 0 radical (unpaired) electrons. The smallest absolute Gasteiger partial charge is 0.254 e. The molecule has 0 fully saturated rings. The van der Waals surface area contributed by atoms with Crippen LogP contribution in [0.1, 0.15) is 21.5 Å². The third-order valence-corrected chi connectivity index (χ3v) is 4.56. The van der Waals surface area contributed by atoms with Crippen molar-refractivity contribution in [2.75, 3.05) is 11.9 Å². The molecular formula is C22H18N6O. The Bertz CT molecular complexity index is 1190. The van der Waals surface area contributed by atoms with Crippen molar-refractivity contribution in [2.45, 2.75) is 6.42 Å². The quantitative estimate of drug-likeness (QED) is 0.473. The van der Waals surface area contributed by atoms with Gasteiger partial charge < -0.3 is 15.6 Å². The number of hydrogen-bond donors (Lipinski definition) is 3. The van der Waals surface area contributed by atoms with E-state index in [-0.39, 0.29) is 5.91 Å². The van der Waals surface area contributed by atoms with Crippen LogP contribution in [0.2, 0.25) is 0 Å². The molecule has 4 aromatic rings. The van der Waals surface area contributed by atoms with Crippen LogP contribution in [0.3, 0.4) is 0 Å². The number of amides is 1. The van der Waals surface area contributed by atoms with Crippen molar-refractivity contribution >= 4 is 28.4 Å². The van der Waals surface area contributed by atoms with Gasteiger partial charge in [0.25, 0.3) is 5.91 Å². The first-order valence-corrected chi connectivity index (χ1v) is 9.16. The third kappa shape index (κ3) is 4.06. The van der Waals surface area contributed by atoms with E-state index in [1.54, 1.807) is 18.2 Å². The first-order valence-electron chi connectivity index (χ1n) is 9.16. The summed E-state index contributed by atoms with van der Waals surface area (Å²) in [5, 5.41) is 16.2. The van der Waals surface area contributed by atoms with E-state index in [1.165, 1.54) is 12.4 Å². The van der Waals surface area contributed by atoms with E-state index in [4.69, 9.17) is 5.26 Å². The highest BCUT2D eigenvalue weighted by atomic mass is 16.1. The number of aromatic nitrogens is 3. The normalized spacial score (nSPS) is 10.4. The lowest BCUT2D eigenvalue weighted by Crippen LogP contribution is -2.26. The average Bonchev–Trinajstić information content (AvgIpc) is 3.18. The molecule has 2 heterocycles. The number of nitrogens with zero attached hydrogens (tertiary/aromatic N) is 3. The Labute approximate surface area is 167 Å². The highest BCUT2D eigenvalue weighted by Crippen LogP contribution is 2.18. The minimum absolute atomic E-state index is 0.228. The second kappa shape index (κ2) is 8.23. The topological polar surface area (TPSA) is 106 Å². The molecule has 2 aromatic carbocycles. The Balaban J connectivity index is 1.35. The maximum absolute atomic E-state index is 12.3. The lowest BCUT2D eigenvalue weighted by molar-refractivity contribution is 0.0953. The summed E-state index contributed by atoms with van der Waals surface area (Å²) >= 11 is 0. The molecule has 0 bridgehead atoms. The van der Waals surface area contributed by atoms with Gasteiger partial charge in [-0.2, -0.15) is 5.26 Å². The van der Waals surface area contributed by atoms with Crippen LogP contribution in [-0.4, -0.2) is 27.4 Å². The van der Waals surface area contributed by atoms with Gasteiger partial charge >= 0.3 is 0 Å². The minimum atomic E-state index is -0.228. The number of carbonyl (C=O) groups is 1. The van der Waals surface area contributed by atoms with Crippen molar-refractivity contribution in [1.29, 1.82) is 5.26 Å². The molecule has 0 unspecified atom stereocenters. The number of nitriles is 1. The monoisotopic (exact) mass is 382 g/mol. The molecule has 0 spiro atoms. The number of H-pyrrole nitrogens is 1. The Morgan fingerprint density at radius 3 is 2.66 bits per heavy atom. The largest absolute Gasteiger partial charge is 0.361 e. The van der Waals surface area contributed by atoms with E-state index in [2.05, 4.69) is 37.7 Å². The fourth-order valence-electron chi connectivity index (χ4n) is 3.07. The molecule has 0 saturated heterocycles. The van der Waals surface area contributed by atoms with Crippen LogP contribution in [0.5, 0.6) is 0 Å². The summed E-state index contributed by atoms with van der Waals surface area (Å²) in [6, 6.07) is 17.3. The van der Waals surface area contributed by atoms with Crippen molar-refractivity contribution in [2.24, 2.45) is 0 Å². The van der Waals surface area contributed by atoms with Gasteiger partial charge in [-0.3, -0.25) is 4.79 Å². The molecule has 7 nitrogen and oxygen atoms in total. The lowest BCUT2D eigenvalue weighted by Gasteiger charge is -2.07. The molecule has 0 aliphatic heterocycles. The fourth-order valence-corrected chi connectivity index (χ4v) is 3.07. The van der Waals surface area contributed by atoms with E-state index in [0.29, 0.717) is 29.3 Å². The van der Waals surface area contributed by atoms with E-state index >= 15 is 0 Å². The number of anilines is 2. The zero-order valence-electron chi connectivity index (χ0n) is 15.5. The van der Waals surface area contributed by atoms with Crippen molar-refractivity contribution in [3.8, 4) is 6.07 Å². The first kappa shape index (κ1) is 18.2. The van der Waals surface area contributed by atoms with Gasteiger partial charge in [0.1, 0.15) is 6.07 Å². The van der Waals surface area contributed by atoms with Crippen LogP contribution in [-0.2, 0) is 6.42 Å². The first-order chi connectivity index (χ1) is 14.2. The Kier molecular flexibility index (Phi) is 5.16. The van der Waals surface area contributed by atoms with Crippen LogP contribution >= 0.6 is 0 Å². The van der Waals surface area contributed by atoms with E-state index in [0.717, 1.165) is 22.9 Å². The van der Waals surface area contributed by atoms with Crippen LogP contribution in [0, 0.1) is 11.3 Å². The minimum Gasteiger partial charge on any atom is -0.361 e. The van der Waals surface area contributed by atoms with Crippen molar-refractivity contribution in [1.82, 2.24) is 20.3 Å². The second-order valence-electron chi connectivity index (χ2n) is 6.44. The molecule has 4 rings (SSSR count). The maximum atomic E-state index is 12.3. The Morgan fingerprint density at radius 2 is 1.83 bits per heavy atom. The molecule has 3 N–H and O–H groups in total. The Hall–Kier alpha value is -4.18. The number of benzene rings is 2. The molecule has 0 saturated carbocycles. The molecule has 142 valence electrons. The highest BCUT2D eigenvalue weighted by Gasteiger charge is 2.09. The summed E-state index contributed by atoms with van der Waals surface area (Å²) in [6.45, 7) is 0.510. The van der Waals surface area contributed by atoms with Crippen molar-refractivity contribution in [3.05, 3.63) is 83.8 Å². The SMILES string of the molecule is N#Cc1ccccc1Nc1ncc(C(=O)NCCc2c[nH]c3ccccc23)cn1. The standard InChI is InChI=1S/C22H18N6O/c23-11-15-5-1-3-7-19(15)28-22-26-13-17(14-27-22)21(29)24-10-9-16-12-25-20-8-4-2-6-18(16)20/h1-8,12-14,25H,9-10H2,(H,24,29)(H,26,27,28). The highest BCUT2D eigenvalue weighted by molar-refractivity contribution is 5.93. The number of para-hydroxylation sites is 2. The van der Waals surface area contributed by atoms with Crippen LogP contribution < -0.4 is 10.6 Å². The second-order valence-corrected chi connectivity index (χ2v) is 6.44. The predicted molar refractivity (Wildman–Crippen MR) is 111 cm³/mol. The number of aromatic amines is 1. The fraction of sp³-hybridized carbons (Fsp3) is 0.0909. The number of rotatable bonds is 6. The zero-order chi connectivity index (χ0) is 20.1. The van der Waals surface area contributed by atoms with Crippen molar-refractivity contribution < 1.29 is 4.79 Å². The molecule has 7 heteroatoms. The van der Waals surface area contributed by atoms with Crippen LogP contribution in [0.25, 0.3) is 10.9 Å². The Morgan fingerprint density at radius 1 is 1.07 bits per heavy atom. The summed E-state index contributed by atoms with van der Waals surface area (Å²) in [6.07, 6.45) is 5.62. The maximum Gasteiger partial charge on any atom is 0.254 e. The van der Waals surface area contributed by atoms with Crippen molar-refractivity contribution in [3.63, 3.8) is 0 Å². The van der Waals surface area contributed by atoms with Gasteiger partial charge in [-0.1, -0.05) is 30.3 Å². The summed E-state index contributed by atoms with van der Waals surface area (Å²) in [5.74, 6) is 0.0943.